The maximum absolute atomic E-state index is 12.1. The number of carbonyl (C=O) groups excluding carboxylic acids is 2. The van der Waals surface area contributed by atoms with Gasteiger partial charge in [-0.05, 0) is 26.0 Å². The van der Waals surface area contributed by atoms with Crippen LogP contribution in [0.4, 0.5) is 16.2 Å². The normalized spacial score (nSPS) is 20.3. The zero-order valence-electron chi connectivity index (χ0n) is 15.8. The SMILES string of the molecule is COc1cc(NC(=O)NCCN2CC(C)OC(C)C2)ccc1NC(C)=O. The van der Waals surface area contributed by atoms with Gasteiger partial charge in [0, 0.05) is 44.9 Å². The first-order chi connectivity index (χ1) is 12.4. The molecule has 1 heterocycles. The fraction of sp³-hybridized carbons (Fsp3) is 0.556. The Morgan fingerprint density at radius 1 is 1.23 bits per heavy atom. The van der Waals surface area contributed by atoms with Crippen LogP contribution in [0.15, 0.2) is 18.2 Å². The first-order valence-corrected chi connectivity index (χ1v) is 8.75. The minimum absolute atomic E-state index is 0.187. The van der Waals surface area contributed by atoms with Crippen LogP contribution < -0.4 is 20.7 Å². The number of nitrogens with zero attached hydrogens (tertiary/aromatic N) is 1. The van der Waals surface area contributed by atoms with Gasteiger partial charge in [-0.2, -0.15) is 0 Å². The molecule has 3 amide bonds. The van der Waals surface area contributed by atoms with Crippen LogP contribution in [-0.2, 0) is 9.53 Å². The number of hydrogen-bond donors (Lipinski definition) is 3. The quantitative estimate of drug-likeness (QED) is 0.717. The van der Waals surface area contributed by atoms with Crippen LogP contribution in [0.1, 0.15) is 20.8 Å². The second-order valence-corrected chi connectivity index (χ2v) is 6.49. The zero-order chi connectivity index (χ0) is 19.1. The predicted molar refractivity (Wildman–Crippen MR) is 101 cm³/mol. The highest BCUT2D eigenvalue weighted by Gasteiger charge is 2.21. The number of methoxy groups -OCH3 is 1. The molecule has 3 N–H and O–H groups in total. The monoisotopic (exact) mass is 364 g/mol. The van der Waals surface area contributed by atoms with Crippen LogP contribution in [0.2, 0.25) is 0 Å². The van der Waals surface area contributed by atoms with E-state index >= 15 is 0 Å². The van der Waals surface area contributed by atoms with Gasteiger partial charge in [-0.15, -0.1) is 0 Å². The molecule has 1 aromatic carbocycles. The molecule has 0 radical (unpaired) electrons. The fourth-order valence-corrected chi connectivity index (χ4v) is 3.03. The Morgan fingerprint density at radius 2 is 1.92 bits per heavy atom. The second-order valence-electron chi connectivity index (χ2n) is 6.49. The van der Waals surface area contributed by atoms with Crippen molar-refractivity contribution in [3.05, 3.63) is 18.2 Å². The van der Waals surface area contributed by atoms with Gasteiger partial charge < -0.3 is 25.4 Å². The number of ether oxygens (including phenoxy) is 2. The Morgan fingerprint density at radius 3 is 2.54 bits per heavy atom. The largest absolute Gasteiger partial charge is 0.494 e. The molecule has 1 aliphatic rings. The van der Waals surface area contributed by atoms with E-state index in [2.05, 4.69) is 34.7 Å². The van der Waals surface area contributed by atoms with Gasteiger partial charge in [-0.3, -0.25) is 9.69 Å². The summed E-state index contributed by atoms with van der Waals surface area (Å²) in [6.07, 6.45) is 0.421. The van der Waals surface area contributed by atoms with E-state index in [1.54, 1.807) is 18.2 Å². The minimum atomic E-state index is -0.284. The lowest BCUT2D eigenvalue weighted by atomic mass is 10.2. The highest BCUT2D eigenvalue weighted by molar-refractivity contribution is 5.93. The number of amides is 3. The molecule has 8 nitrogen and oxygen atoms in total. The third-order valence-corrected chi connectivity index (χ3v) is 3.98. The Labute approximate surface area is 154 Å². The average Bonchev–Trinajstić information content (AvgIpc) is 2.55. The van der Waals surface area contributed by atoms with Crippen molar-refractivity contribution in [2.24, 2.45) is 0 Å². The van der Waals surface area contributed by atoms with Crippen molar-refractivity contribution in [3.63, 3.8) is 0 Å². The number of hydrogen-bond acceptors (Lipinski definition) is 5. The van der Waals surface area contributed by atoms with Gasteiger partial charge in [0.15, 0.2) is 0 Å². The molecule has 2 rings (SSSR count). The van der Waals surface area contributed by atoms with Gasteiger partial charge in [0.1, 0.15) is 5.75 Å². The van der Waals surface area contributed by atoms with Crippen molar-refractivity contribution < 1.29 is 19.1 Å². The number of anilines is 2. The molecular weight excluding hydrogens is 336 g/mol. The predicted octanol–water partition coefficient (Wildman–Crippen LogP) is 1.88. The second kappa shape index (κ2) is 9.40. The highest BCUT2D eigenvalue weighted by atomic mass is 16.5. The van der Waals surface area contributed by atoms with Crippen LogP contribution >= 0.6 is 0 Å². The van der Waals surface area contributed by atoms with Crippen LogP contribution in [0.5, 0.6) is 5.75 Å². The maximum Gasteiger partial charge on any atom is 0.319 e. The summed E-state index contributed by atoms with van der Waals surface area (Å²) >= 11 is 0. The van der Waals surface area contributed by atoms with E-state index < -0.39 is 0 Å². The summed E-state index contributed by atoms with van der Waals surface area (Å²) in [6.45, 7) is 8.60. The molecule has 2 unspecified atom stereocenters. The van der Waals surface area contributed by atoms with E-state index in [1.165, 1.54) is 14.0 Å². The van der Waals surface area contributed by atoms with E-state index in [9.17, 15) is 9.59 Å². The van der Waals surface area contributed by atoms with Gasteiger partial charge in [-0.1, -0.05) is 0 Å². The molecule has 8 heteroatoms. The van der Waals surface area contributed by atoms with E-state index in [4.69, 9.17) is 9.47 Å². The summed E-state index contributed by atoms with van der Waals surface area (Å²) < 4.78 is 10.9. The molecule has 1 aromatic rings. The Hall–Kier alpha value is -2.32. The van der Waals surface area contributed by atoms with E-state index in [-0.39, 0.29) is 24.1 Å². The number of benzene rings is 1. The van der Waals surface area contributed by atoms with Crippen LogP contribution in [0.25, 0.3) is 0 Å². The van der Waals surface area contributed by atoms with E-state index in [1.807, 2.05) is 0 Å². The first kappa shape index (κ1) is 20.0. The Bertz CT molecular complexity index is 628. The van der Waals surface area contributed by atoms with Gasteiger partial charge in [0.05, 0.1) is 25.0 Å². The first-order valence-electron chi connectivity index (χ1n) is 8.75. The molecule has 26 heavy (non-hydrogen) atoms. The van der Waals surface area contributed by atoms with Crippen molar-refractivity contribution in [1.82, 2.24) is 10.2 Å². The number of urea groups is 1. The van der Waals surface area contributed by atoms with Crippen molar-refractivity contribution in [2.45, 2.75) is 33.0 Å². The Kier molecular flexibility index (Phi) is 7.23. The zero-order valence-corrected chi connectivity index (χ0v) is 15.8. The maximum atomic E-state index is 12.1. The molecule has 1 aliphatic heterocycles. The summed E-state index contributed by atoms with van der Waals surface area (Å²) in [4.78, 5) is 25.5. The highest BCUT2D eigenvalue weighted by Crippen LogP contribution is 2.27. The van der Waals surface area contributed by atoms with Crippen molar-refractivity contribution in [1.29, 1.82) is 0 Å². The van der Waals surface area contributed by atoms with Crippen LogP contribution in [0.3, 0.4) is 0 Å². The van der Waals surface area contributed by atoms with E-state index in [0.717, 1.165) is 19.6 Å². The van der Waals surface area contributed by atoms with Gasteiger partial charge in [0.25, 0.3) is 0 Å². The third kappa shape index (κ3) is 6.20. The molecular formula is C18H28N4O4. The van der Waals surface area contributed by atoms with Crippen molar-refractivity contribution in [2.75, 3.05) is 43.9 Å². The fourth-order valence-electron chi connectivity index (χ4n) is 3.03. The average molecular weight is 364 g/mol. The summed E-state index contributed by atoms with van der Waals surface area (Å²) in [6, 6.07) is 4.77. The topological polar surface area (TPSA) is 91.9 Å². The molecule has 1 fully saturated rings. The number of morpholine rings is 1. The number of nitrogens with one attached hydrogen (secondary N) is 3. The summed E-state index contributed by atoms with van der Waals surface area (Å²) in [7, 11) is 1.51. The van der Waals surface area contributed by atoms with Gasteiger partial charge >= 0.3 is 6.03 Å². The van der Waals surface area contributed by atoms with Crippen LogP contribution in [-0.4, -0.2) is 62.3 Å². The molecule has 2 atom stereocenters. The van der Waals surface area contributed by atoms with Crippen molar-refractivity contribution in [3.8, 4) is 5.75 Å². The number of rotatable bonds is 6. The third-order valence-electron chi connectivity index (χ3n) is 3.98. The van der Waals surface area contributed by atoms with Gasteiger partial charge in [0.2, 0.25) is 5.91 Å². The lowest BCUT2D eigenvalue weighted by Gasteiger charge is -2.35. The van der Waals surface area contributed by atoms with Gasteiger partial charge in [-0.25, -0.2) is 4.79 Å². The molecule has 0 saturated carbocycles. The Balaban J connectivity index is 1.81. The van der Waals surface area contributed by atoms with Crippen molar-refractivity contribution >= 4 is 23.3 Å². The van der Waals surface area contributed by atoms with Crippen LogP contribution in [0, 0.1) is 0 Å². The summed E-state index contributed by atoms with van der Waals surface area (Å²) in [5.74, 6) is 0.294. The molecule has 0 spiro atoms. The molecule has 0 bridgehead atoms. The molecule has 0 aliphatic carbocycles. The lowest BCUT2D eigenvalue weighted by molar-refractivity contribution is -0.114. The summed E-state index contributed by atoms with van der Waals surface area (Å²) in [5.41, 5.74) is 1.14. The summed E-state index contributed by atoms with van der Waals surface area (Å²) in [5, 5.41) is 8.29. The lowest BCUT2D eigenvalue weighted by Crippen LogP contribution is -2.48. The minimum Gasteiger partial charge on any atom is -0.494 e. The standard InChI is InChI=1S/C18H28N4O4/c1-12-10-22(11-13(2)26-12)8-7-19-18(24)21-15-5-6-16(20-14(3)23)17(9-15)25-4/h5-6,9,12-13H,7-8,10-11H2,1-4H3,(H,20,23)(H2,19,21,24). The molecule has 144 valence electrons. The molecule has 0 aromatic heterocycles. The van der Waals surface area contributed by atoms with E-state index in [0.29, 0.717) is 23.7 Å². The smallest absolute Gasteiger partial charge is 0.319 e. The molecule has 1 saturated heterocycles. The number of carbonyl (C=O) groups is 2.